The van der Waals surface area contributed by atoms with Gasteiger partial charge < -0.3 is 10.6 Å². The Morgan fingerprint density at radius 3 is 1.95 bits per heavy atom. The van der Waals surface area contributed by atoms with Gasteiger partial charge in [-0.2, -0.15) is 0 Å². The van der Waals surface area contributed by atoms with E-state index in [1.165, 1.54) is 12.8 Å². The molecule has 122 valence electrons. The van der Waals surface area contributed by atoms with Gasteiger partial charge in [0.25, 0.3) is 0 Å². The Kier molecular flexibility index (Phi) is 7.20. The van der Waals surface area contributed by atoms with E-state index in [2.05, 4.69) is 17.6 Å². The lowest BCUT2D eigenvalue weighted by Crippen LogP contribution is -2.45. The van der Waals surface area contributed by atoms with Crippen LogP contribution in [0.1, 0.15) is 72.6 Å². The van der Waals surface area contributed by atoms with Crippen LogP contribution < -0.4 is 10.6 Å². The van der Waals surface area contributed by atoms with E-state index in [9.17, 15) is 9.59 Å². The van der Waals surface area contributed by atoms with Crippen molar-refractivity contribution in [1.82, 2.24) is 10.6 Å². The van der Waals surface area contributed by atoms with Crippen LogP contribution in [0, 0.1) is 11.8 Å². The highest BCUT2D eigenvalue weighted by atomic mass is 16.2. The van der Waals surface area contributed by atoms with Gasteiger partial charge in [-0.05, 0) is 52.9 Å². The molecule has 1 fully saturated rings. The van der Waals surface area contributed by atoms with Gasteiger partial charge in [0.2, 0.25) is 11.8 Å². The number of nitrogens with one attached hydrogen (secondary N) is 2. The average Bonchev–Trinajstić information content (AvgIpc) is 2.41. The second kappa shape index (κ2) is 8.40. The summed E-state index contributed by atoms with van der Waals surface area (Å²) in [6.07, 6.45) is 6.73. The molecular weight excluding hydrogens is 264 g/mol. The first-order valence-electron chi connectivity index (χ1n) is 8.43. The molecule has 0 saturated heterocycles. The van der Waals surface area contributed by atoms with Crippen LogP contribution in [0.15, 0.2) is 0 Å². The Balaban J connectivity index is 2.28. The lowest BCUT2D eigenvalue weighted by molar-refractivity contribution is -0.131. The van der Waals surface area contributed by atoms with Crippen LogP contribution in [-0.2, 0) is 9.59 Å². The standard InChI is InChI=1S/C17H32N2O2/c1-5-6-7-12-18-15(20)13-8-10-14(11-9-13)16(21)19-17(2,3)4/h13-14H,5-12H2,1-4H3,(H,18,20)(H,19,21). The van der Waals surface area contributed by atoms with Crippen LogP contribution in [0.2, 0.25) is 0 Å². The van der Waals surface area contributed by atoms with E-state index in [0.717, 1.165) is 38.6 Å². The fourth-order valence-corrected chi connectivity index (χ4v) is 2.82. The number of rotatable bonds is 6. The zero-order valence-corrected chi connectivity index (χ0v) is 14.1. The zero-order chi connectivity index (χ0) is 15.9. The van der Waals surface area contributed by atoms with Crippen LogP contribution in [0.3, 0.4) is 0 Å². The summed E-state index contributed by atoms with van der Waals surface area (Å²) in [4.78, 5) is 24.2. The average molecular weight is 296 g/mol. The van der Waals surface area contributed by atoms with Crippen LogP contribution >= 0.6 is 0 Å². The Hall–Kier alpha value is -1.06. The highest BCUT2D eigenvalue weighted by Gasteiger charge is 2.30. The maximum absolute atomic E-state index is 12.1. The Morgan fingerprint density at radius 2 is 1.48 bits per heavy atom. The van der Waals surface area contributed by atoms with Crippen molar-refractivity contribution < 1.29 is 9.59 Å². The summed E-state index contributed by atoms with van der Waals surface area (Å²) >= 11 is 0. The fraction of sp³-hybridized carbons (Fsp3) is 0.882. The molecule has 0 atom stereocenters. The third kappa shape index (κ3) is 6.96. The molecule has 0 heterocycles. The van der Waals surface area contributed by atoms with E-state index in [1.54, 1.807) is 0 Å². The predicted octanol–water partition coefficient (Wildman–Crippen LogP) is 3.01. The molecule has 4 nitrogen and oxygen atoms in total. The van der Waals surface area contributed by atoms with E-state index in [-0.39, 0.29) is 29.2 Å². The Labute approximate surface area is 129 Å². The van der Waals surface area contributed by atoms with Crippen molar-refractivity contribution in [3.8, 4) is 0 Å². The van der Waals surface area contributed by atoms with Crippen LogP contribution in [0.5, 0.6) is 0 Å². The number of carbonyl (C=O) groups is 2. The third-order valence-corrected chi connectivity index (χ3v) is 4.05. The van der Waals surface area contributed by atoms with Crippen molar-refractivity contribution in [2.75, 3.05) is 6.54 Å². The summed E-state index contributed by atoms with van der Waals surface area (Å²) in [5.41, 5.74) is -0.176. The number of hydrogen-bond donors (Lipinski definition) is 2. The van der Waals surface area contributed by atoms with Gasteiger partial charge in [-0.15, -0.1) is 0 Å². The molecule has 0 aromatic carbocycles. The molecule has 1 rings (SSSR count). The molecule has 1 aliphatic rings. The molecule has 1 aliphatic carbocycles. The largest absolute Gasteiger partial charge is 0.356 e. The van der Waals surface area contributed by atoms with Crippen molar-refractivity contribution >= 4 is 11.8 Å². The topological polar surface area (TPSA) is 58.2 Å². The lowest BCUT2D eigenvalue weighted by Gasteiger charge is -2.30. The highest BCUT2D eigenvalue weighted by Crippen LogP contribution is 2.29. The molecule has 21 heavy (non-hydrogen) atoms. The lowest BCUT2D eigenvalue weighted by atomic mass is 9.81. The van der Waals surface area contributed by atoms with Gasteiger partial charge in [-0.25, -0.2) is 0 Å². The van der Waals surface area contributed by atoms with Crippen molar-refractivity contribution in [3.05, 3.63) is 0 Å². The van der Waals surface area contributed by atoms with E-state index in [4.69, 9.17) is 0 Å². The SMILES string of the molecule is CCCCCNC(=O)C1CCC(C(=O)NC(C)(C)C)CC1. The summed E-state index contributed by atoms with van der Waals surface area (Å²) in [5, 5.41) is 6.07. The fourth-order valence-electron chi connectivity index (χ4n) is 2.82. The molecule has 0 radical (unpaired) electrons. The number of carbonyl (C=O) groups excluding carboxylic acids is 2. The van der Waals surface area contributed by atoms with Gasteiger partial charge >= 0.3 is 0 Å². The van der Waals surface area contributed by atoms with Crippen LogP contribution in [-0.4, -0.2) is 23.9 Å². The summed E-state index contributed by atoms with van der Waals surface area (Å²) in [5.74, 6) is 0.503. The smallest absolute Gasteiger partial charge is 0.223 e. The Morgan fingerprint density at radius 1 is 0.952 bits per heavy atom. The molecule has 0 aromatic rings. The summed E-state index contributed by atoms with van der Waals surface area (Å²) in [7, 11) is 0. The van der Waals surface area contributed by atoms with Gasteiger partial charge in [0, 0.05) is 23.9 Å². The second-order valence-corrected chi connectivity index (χ2v) is 7.29. The quantitative estimate of drug-likeness (QED) is 0.740. The molecule has 2 N–H and O–H groups in total. The molecular formula is C17H32N2O2. The van der Waals surface area contributed by atoms with E-state index in [0.29, 0.717) is 0 Å². The van der Waals surface area contributed by atoms with Gasteiger partial charge in [0.05, 0.1) is 0 Å². The number of amides is 2. The molecule has 2 amide bonds. The van der Waals surface area contributed by atoms with E-state index in [1.807, 2.05) is 20.8 Å². The third-order valence-electron chi connectivity index (χ3n) is 4.05. The summed E-state index contributed by atoms with van der Waals surface area (Å²) in [6, 6.07) is 0. The van der Waals surface area contributed by atoms with Crippen molar-refractivity contribution in [2.45, 2.75) is 78.2 Å². The normalized spacial score (nSPS) is 22.7. The van der Waals surface area contributed by atoms with Crippen molar-refractivity contribution in [3.63, 3.8) is 0 Å². The maximum Gasteiger partial charge on any atom is 0.223 e. The Bertz CT molecular complexity index is 339. The van der Waals surface area contributed by atoms with Gasteiger partial charge in [-0.3, -0.25) is 9.59 Å². The molecule has 4 heteroatoms. The van der Waals surface area contributed by atoms with Gasteiger partial charge in [0.15, 0.2) is 0 Å². The zero-order valence-electron chi connectivity index (χ0n) is 14.1. The first-order valence-corrected chi connectivity index (χ1v) is 8.43. The minimum Gasteiger partial charge on any atom is -0.356 e. The molecule has 0 aliphatic heterocycles. The van der Waals surface area contributed by atoms with Crippen molar-refractivity contribution in [2.24, 2.45) is 11.8 Å². The molecule has 0 aromatic heterocycles. The first kappa shape index (κ1) is 18.0. The summed E-state index contributed by atoms with van der Waals surface area (Å²) in [6.45, 7) is 8.95. The second-order valence-electron chi connectivity index (χ2n) is 7.29. The van der Waals surface area contributed by atoms with Crippen LogP contribution in [0.25, 0.3) is 0 Å². The monoisotopic (exact) mass is 296 g/mol. The van der Waals surface area contributed by atoms with Gasteiger partial charge in [-0.1, -0.05) is 19.8 Å². The molecule has 0 spiro atoms. The van der Waals surface area contributed by atoms with Crippen LogP contribution in [0.4, 0.5) is 0 Å². The van der Waals surface area contributed by atoms with E-state index >= 15 is 0 Å². The minimum atomic E-state index is -0.176. The van der Waals surface area contributed by atoms with E-state index < -0.39 is 0 Å². The number of unbranched alkanes of at least 4 members (excludes halogenated alkanes) is 2. The minimum absolute atomic E-state index is 0.0772. The predicted molar refractivity (Wildman–Crippen MR) is 85.9 cm³/mol. The molecule has 1 saturated carbocycles. The van der Waals surface area contributed by atoms with Crippen molar-refractivity contribution in [1.29, 1.82) is 0 Å². The van der Waals surface area contributed by atoms with Gasteiger partial charge in [0.1, 0.15) is 0 Å². The number of hydrogen-bond acceptors (Lipinski definition) is 2. The highest BCUT2D eigenvalue weighted by molar-refractivity contribution is 5.81. The summed E-state index contributed by atoms with van der Waals surface area (Å²) < 4.78 is 0. The molecule has 0 unspecified atom stereocenters. The molecule has 0 bridgehead atoms. The first-order chi connectivity index (χ1) is 9.83. The maximum atomic E-state index is 12.1.